The Bertz CT molecular complexity index is 1010. The summed E-state index contributed by atoms with van der Waals surface area (Å²) in [7, 11) is 0. The van der Waals surface area contributed by atoms with Gasteiger partial charge in [0, 0.05) is 29.5 Å². The van der Waals surface area contributed by atoms with E-state index in [-0.39, 0.29) is 24.8 Å². The Morgan fingerprint density at radius 2 is 1.71 bits per heavy atom. The van der Waals surface area contributed by atoms with Gasteiger partial charge in [-0.25, -0.2) is 9.97 Å². The number of ether oxygens (including phenoxy) is 1. The number of halogens is 2. The lowest BCUT2D eigenvalue weighted by Crippen LogP contribution is -1.98. The third-order valence-electron chi connectivity index (χ3n) is 3.68. The van der Waals surface area contributed by atoms with Crippen LogP contribution in [0.4, 0.5) is 10.9 Å². The number of hydrogen-bond donors (Lipinski definition) is 1. The highest BCUT2D eigenvalue weighted by Gasteiger charge is 2.11. The highest BCUT2D eigenvalue weighted by atomic mass is 35.5. The van der Waals surface area contributed by atoms with Gasteiger partial charge in [-0.1, -0.05) is 18.2 Å². The molecule has 28 heavy (non-hydrogen) atoms. The van der Waals surface area contributed by atoms with E-state index in [0.717, 1.165) is 27.7 Å². The first-order valence-corrected chi connectivity index (χ1v) is 8.98. The second-order valence-electron chi connectivity index (χ2n) is 5.64. The average molecular weight is 433 g/mol. The van der Waals surface area contributed by atoms with Crippen molar-refractivity contribution in [3.05, 3.63) is 78.2 Å². The monoisotopic (exact) mass is 432 g/mol. The van der Waals surface area contributed by atoms with Crippen LogP contribution in [0.1, 0.15) is 5.69 Å². The summed E-state index contributed by atoms with van der Waals surface area (Å²) < 4.78 is 6.09. The van der Waals surface area contributed by atoms with Crippen LogP contribution in [0.15, 0.2) is 72.5 Å². The molecular weight excluding hydrogens is 415 g/mol. The van der Waals surface area contributed by atoms with Crippen molar-refractivity contribution in [2.45, 2.75) is 6.92 Å². The van der Waals surface area contributed by atoms with Crippen molar-refractivity contribution in [3.63, 3.8) is 0 Å². The fourth-order valence-corrected chi connectivity index (χ4v) is 3.13. The lowest BCUT2D eigenvalue weighted by atomic mass is 10.1. The Labute approximate surface area is 179 Å². The highest BCUT2D eigenvalue weighted by molar-refractivity contribution is 7.13. The molecule has 0 aliphatic carbocycles. The van der Waals surface area contributed by atoms with E-state index in [1.54, 1.807) is 12.4 Å². The molecule has 5 nitrogen and oxygen atoms in total. The van der Waals surface area contributed by atoms with Crippen LogP contribution in [0, 0.1) is 6.92 Å². The van der Waals surface area contributed by atoms with Crippen LogP contribution in [0.2, 0.25) is 0 Å². The molecule has 0 radical (unpaired) electrons. The van der Waals surface area contributed by atoms with Crippen molar-refractivity contribution in [1.82, 2.24) is 15.0 Å². The van der Waals surface area contributed by atoms with E-state index in [0.29, 0.717) is 11.6 Å². The largest absolute Gasteiger partial charge is 0.453 e. The molecule has 3 heterocycles. The van der Waals surface area contributed by atoms with E-state index in [1.165, 1.54) is 11.3 Å². The molecule has 8 heteroatoms. The number of aryl methyl sites for hydroxylation is 1. The minimum absolute atomic E-state index is 0. The summed E-state index contributed by atoms with van der Waals surface area (Å²) in [4.78, 5) is 13.1. The second-order valence-corrected chi connectivity index (χ2v) is 6.50. The molecule has 1 aromatic carbocycles. The van der Waals surface area contributed by atoms with Crippen LogP contribution in [-0.4, -0.2) is 15.0 Å². The number of pyridine rings is 2. The van der Waals surface area contributed by atoms with Gasteiger partial charge in [0.2, 0.25) is 0 Å². The number of benzene rings is 1. The molecule has 0 amide bonds. The summed E-state index contributed by atoms with van der Waals surface area (Å²) in [5.74, 6) is 2.01. The molecule has 0 saturated heterocycles. The lowest BCUT2D eigenvalue weighted by molar-refractivity contribution is 0.483. The number of rotatable bonds is 5. The zero-order valence-corrected chi connectivity index (χ0v) is 17.4. The summed E-state index contributed by atoms with van der Waals surface area (Å²) in [6.45, 7) is 1.96. The Kier molecular flexibility index (Phi) is 7.75. The molecule has 4 aromatic rings. The number of para-hydroxylation sites is 1. The number of thiazole rings is 1. The minimum atomic E-state index is 0. The molecule has 4 rings (SSSR count). The van der Waals surface area contributed by atoms with E-state index in [2.05, 4.69) is 20.3 Å². The SMILES string of the molecule is Cc1csc(Nc2ncc(-c3ccncc3)cc2Oc2ccccc2)n1.Cl.Cl. The molecule has 3 aromatic heterocycles. The Balaban J connectivity index is 0.00000140. The van der Waals surface area contributed by atoms with E-state index in [1.807, 2.05) is 67.0 Å². The molecule has 144 valence electrons. The molecule has 0 unspecified atom stereocenters. The van der Waals surface area contributed by atoms with E-state index >= 15 is 0 Å². The fourth-order valence-electron chi connectivity index (χ4n) is 2.45. The van der Waals surface area contributed by atoms with Gasteiger partial charge in [0.05, 0.1) is 5.69 Å². The topological polar surface area (TPSA) is 59.9 Å². The number of aromatic nitrogens is 3. The third-order valence-corrected chi connectivity index (χ3v) is 4.56. The zero-order valence-electron chi connectivity index (χ0n) is 14.9. The quantitative estimate of drug-likeness (QED) is 0.401. The lowest BCUT2D eigenvalue weighted by Gasteiger charge is -2.12. The molecule has 0 aliphatic heterocycles. The predicted octanol–water partition coefficient (Wildman–Crippen LogP) is 6.29. The van der Waals surface area contributed by atoms with Crippen molar-refractivity contribution >= 4 is 47.1 Å². The fraction of sp³-hybridized carbons (Fsp3) is 0.0500. The van der Waals surface area contributed by atoms with Crippen LogP contribution in [0.5, 0.6) is 11.5 Å². The Morgan fingerprint density at radius 1 is 0.964 bits per heavy atom. The maximum atomic E-state index is 6.09. The van der Waals surface area contributed by atoms with Gasteiger partial charge in [-0.15, -0.1) is 36.2 Å². The summed E-state index contributed by atoms with van der Waals surface area (Å²) in [6, 6.07) is 15.5. The Hall–Kier alpha value is -2.67. The summed E-state index contributed by atoms with van der Waals surface area (Å²) in [5, 5.41) is 6.02. The van der Waals surface area contributed by atoms with Gasteiger partial charge >= 0.3 is 0 Å². The molecular formula is C20H18Cl2N4OS. The van der Waals surface area contributed by atoms with Crippen LogP contribution in [0.25, 0.3) is 11.1 Å². The van der Waals surface area contributed by atoms with Gasteiger partial charge in [0.1, 0.15) is 5.75 Å². The third kappa shape index (κ3) is 5.19. The first-order valence-electron chi connectivity index (χ1n) is 8.10. The maximum Gasteiger partial charge on any atom is 0.188 e. The van der Waals surface area contributed by atoms with E-state index in [9.17, 15) is 0 Å². The van der Waals surface area contributed by atoms with Crippen LogP contribution >= 0.6 is 36.2 Å². The van der Waals surface area contributed by atoms with Gasteiger partial charge in [-0.05, 0) is 42.8 Å². The average Bonchev–Trinajstić information content (AvgIpc) is 3.09. The minimum Gasteiger partial charge on any atom is -0.453 e. The number of nitrogens with zero attached hydrogens (tertiary/aromatic N) is 3. The van der Waals surface area contributed by atoms with Crippen LogP contribution < -0.4 is 10.1 Å². The molecule has 0 fully saturated rings. The molecule has 0 atom stereocenters. The van der Waals surface area contributed by atoms with Crippen molar-refractivity contribution in [2.24, 2.45) is 0 Å². The summed E-state index contributed by atoms with van der Waals surface area (Å²) in [6.07, 6.45) is 5.34. The standard InChI is InChI=1S/C20H16N4OS.2ClH/c1-14-13-26-20(23-14)24-19-18(25-17-5-3-2-4-6-17)11-16(12-22-19)15-7-9-21-10-8-15;;/h2-13H,1H3,(H,22,23,24);2*1H. The van der Waals surface area contributed by atoms with Gasteiger partial charge in [0.15, 0.2) is 16.7 Å². The first-order chi connectivity index (χ1) is 12.8. The molecule has 0 bridgehead atoms. The number of anilines is 2. The van der Waals surface area contributed by atoms with E-state index in [4.69, 9.17) is 4.74 Å². The van der Waals surface area contributed by atoms with Gasteiger partial charge in [-0.3, -0.25) is 4.98 Å². The number of hydrogen-bond acceptors (Lipinski definition) is 6. The zero-order chi connectivity index (χ0) is 17.8. The smallest absolute Gasteiger partial charge is 0.188 e. The molecule has 0 spiro atoms. The summed E-state index contributed by atoms with van der Waals surface area (Å²) >= 11 is 1.53. The maximum absolute atomic E-state index is 6.09. The molecule has 0 aliphatic rings. The first kappa shape index (κ1) is 21.6. The van der Waals surface area contributed by atoms with Crippen molar-refractivity contribution in [2.75, 3.05) is 5.32 Å². The van der Waals surface area contributed by atoms with Crippen molar-refractivity contribution in [3.8, 4) is 22.6 Å². The van der Waals surface area contributed by atoms with Crippen molar-refractivity contribution in [1.29, 1.82) is 0 Å². The molecule has 1 N–H and O–H groups in total. The normalized spacial score (nSPS) is 9.75. The van der Waals surface area contributed by atoms with Crippen LogP contribution in [0.3, 0.4) is 0 Å². The Morgan fingerprint density at radius 3 is 2.39 bits per heavy atom. The second kappa shape index (κ2) is 10.0. The van der Waals surface area contributed by atoms with Gasteiger partial charge < -0.3 is 10.1 Å². The predicted molar refractivity (Wildman–Crippen MR) is 119 cm³/mol. The van der Waals surface area contributed by atoms with Crippen LogP contribution in [-0.2, 0) is 0 Å². The van der Waals surface area contributed by atoms with Gasteiger partial charge in [-0.2, -0.15) is 0 Å². The van der Waals surface area contributed by atoms with E-state index < -0.39 is 0 Å². The number of nitrogens with one attached hydrogen (secondary N) is 1. The highest BCUT2D eigenvalue weighted by Crippen LogP contribution is 2.34. The van der Waals surface area contributed by atoms with Crippen molar-refractivity contribution < 1.29 is 4.74 Å². The molecule has 0 saturated carbocycles. The summed E-state index contributed by atoms with van der Waals surface area (Å²) in [5.41, 5.74) is 2.96. The van der Waals surface area contributed by atoms with Gasteiger partial charge in [0.25, 0.3) is 0 Å².